The quantitative estimate of drug-likeness (QED) is 0.940. The van der Waals surface area contributed by atoms with Crippen molar-refractivity contribution in [1.29, 1.82) is 0 Å². The Kier molecular flexibility index (Phi) is 3.52. The lowest BCUT2D eigenvalue weighted by atomic mass is 10.1. The maximum atomic E-state index is 5.35. The Bertz CT molecular complexity index is 579. The van der Waals surface area contributed by atoms with E-state index < -0.39 is 0 Å². The lowest BCUT2D eigenvalue weighted by molar-refractivity contribution is 0.359. The number of benzene rings is 1. The highest BCUT2D eigenvalue weighted by molar-refractivity contribution is 9.10. The molecule has 0 aliphatic carbocycles. The van der Waals surface area contributed by atoms with Crippen LogP contribution in [0.2, 0.25) is 0 Å². The van der Waals surface area contributed by atoms with Crippen LogP contribution in [0.15, 0.2) is 27.2 Å². The molecule has 1 aromatic carbocycles. The molecule has 2 heterocycles. The Morgan fingerprint density at radius 2 is 2.37 bits per heavy atom. The zero-order valence-corrected chi connectivity index (χ0v) is 12.1. The molecule has 6 heteroatoms. The molecular formula is C13H14BrN3O2. The van der Waals surface area contributed by atoms with Crippen LogP contribution in [0.25, 0.3) is 11.4 Å². The van der Waals surface area contributed by atoms with E-state index in [0.717, 1.165) is 35.3 Å². The number of aromatic nitrogens is 2. The highest BCUT2D eigenvalue weighted by Crippen LogP contribution is 2.30. The Morgan fingerprint density at radius 1 is 1.47 bits per heavy atom. The van der Waals surface area contributed by atoms with Crippen molar-refractivity contribution in [2.24, 2.45) is 0 Å². The molecule has 5 nitrogen and oxygen atoms in total. The zero-order chi connectivity index (χ0) is 13.2. The average molecular weight is 324 g/mol. The van der Waals surface area contributed by atoms with E-state index in [1.54, 1.807) is 7.11 Å². The zero-order valence-electron chi connectivity index (χ0n) is 10.5. The van der Waals surface area contributed by atoms with Crippen LogP contribution in [0, 0.1) is 0 Å². The Balaban J connectivity index is 1.87. The van der Waals surface area contributed by atoms with Gasteiger partial charge in [0, 0.05) is 12.1 Å². The molecule has 0 spiro atoms. The van der Waals surface area contributed by atoms with Crippen molar-refractivity contribution < 1.29 is 9.26 Å². The number of ether oxygens (including phenoxy) is 1. The number of nitrogens with one attached hydrogen (secondary N) is 1. The van der Waals surface area contributed by atoms with Crippen LogP contribution < -0.4 is 10.1 Å². The van der Waals surface area contributed by atoms with Crippen LogP contribution in [0.5, 0.6) is 5.75 Å². The van der Waals surface area contributed by atoms with Crippen molar-refractivity contribution in [2.45, 2.75) is 12.3 Å². The van der Waals surface area contributed by atoms with Gasteiger partial charge in [-0.15, -0.1) is 0 Å². The number of nitrogens with zero attached hydrogens (tertiary/aromatic N) is 2. The van der Waals surface area contributed by atoms with Gasteiger partial charge in [-0.05, 0) is 47.1 Å². The van der Waals surface area contributed by atoms with Crippen molar-refractivity contribution in [3.63, 3.8) is 0 Å². The van der Waals surface area contributed by atoms with Crippen LogP contribution in [0.4, 0.5) is 0 Å². The third-order valence-corrected chi connectivity index (χ3v) is 3.88. The molecule has 100 valence electrons. The molecule has 0 radical (unpaired) electrons. The Morgan fingerprint density at radius 3 is 3.05 bits per heavy atom. The SMILES string of the molecule is COc1ccc(-c2noc(C3CCNC3)n2)cc1Br. The topological polar surface area (TPSA) is 60.2 Å². The number of methoxy groups -OCH3 is 1. The summed E-state index contributed by atoms with van der Waals surface area (Å²) in [7, 11) is 1.64. The molecule has 3 rings (SSSR count). The average Bonchev–Trinajstić information content (AvgIpc) is 3.09. The van der Waals surface area contributed by atoms with E-state index in [2.05, 4.69) is 31.4 Å². The van der Waals surface area contributed by atoms with E-state index in [1.807, 2.05) is 18.2 Å². The van der Waals surface area contributed by atoms with E-state index in [0.29, 0.717) is 17.6 Å². The van der Waals surface area contributed by atoms with Crippen molar-refractivity contribution >= 4 is 15.9 Å². The summed E-state index contributed by atoms with van der Waals surface area (Å²) in [6.07, 6.45) is 1.05. The van der Waals surface area contributed by atoms with Crippen LogP contribution in [-0.2, 0) is 0 Å². The summed E-state index contributed by atoms with van der Waals surface area (Å²) in [5.74, 6) is 2.45. The van der Waals surface area contributed by atoms with E-state index in [1.165, 1.54) is 0 Å². The van der Waals surface area contributed by atoms with Gasteiger partial charge in [0.25, 0.3) is 0 Å². The summed E-state index contributed by atoms with van der Waals surface area (Å²) in [6, 6.07) is 5.73. The predicted octanol–water partition coefficient (Wildman–Crippen LogP) is 2.58. The second kappa shape index (κ2) is 5.30. The third kappa shape index (κ3) is 2.50. The van der Waals surface area contributed by atoms with E-state index in [-0.39, 0.29) is 0 Å². The fraction of sp³-hybridized carbons (Fsp3) is 0.385. The molecule has 1 aliphatic heterocycles. The first-order chi connectivity index (χ1) is 9.28. The fourth-order valence-corrected chi connectivity index (χ4v) is 2.73. The maximum absolute atomic E-state index is 5.35. The fourth-order valence-electron chi connectivity index (χ4n) is 2.19. The Hall–Kier alpha value is -1.40. The largest absolute Gasteiger partial charge is 0.496 e. The van der Waals surface area contributed by atoms with Crippen LogP contribution in [-0.4, -0.2) is 30.3 Å². The molecule has 19 heavy (non-hydrogen) atoms. The first-order valence-electron chi connectivity index (χ1n) is 6.16. The molecular weight excluding hydrogens is 310 g/mol. The second-order valence-corrected chi connectivity index (χ2v) is 5.35. The lowest BCUT2D eigenvalue weighted by Crippen LogP contribution is -2.08. The first kappa shape index (κ1) is 12.6. The van der Waals surface area contributed by atoms with E-state index >= 15 is 0 Å². The van der Waals surface area contributed by atoms with Crippen LogP contribution >= 0.6 is 15.9 Å². The van der Waals surface area contributed by atoms with Crippen LogP contribution in [0.3, 0.4) is 0 Å². The molecule has 1 unspecified atom stereocenters. The molecule has 1 N–H and O–H groups in total. The monoisotopic (exact) mass is 323 g/mol. The minimum atomic E-state index is 0.336. The van der Waals surface area contributed by atoms with Crippen molar-refractivity contribution in [1.82, 2.24) is 15.5 Å². The van der Waals surface area contributed by atoms with Crippen molar-refractivity contribution in [2.75, 3.05) is 20.2 Å². The summed E-state index contributed by atoms with van der Waals surface area (Å²) in [5, 5.41) is 7.34. The molecule has 1 aromatic heterocycles. The van der Waals surface area contributed by atoms with Gasteiger partial charge >= 0.3 is 0 Å². The number of halogens is 1. The number of hydrogen-bond acceptors (Lipinski definition) is 5. The van der Waals surface area contributed by atoms with Gasteiger partial charge in [0.2, 0.25) is 11.7 Å². The molecule has 1 saturated heterocycles. The highest BCUT2D eigenvalue weighted by Gasteiger charge is 2.23. The van der Waals surface area contributed by atoms with Crippen molar-refractivity contribution in [3.8, 4) is 17.1 Å². The number of hydrogen-bond donors (Lipinski definition) is 1. The molecule has 0 amide bonds. The third-order valence-electron chi connectivity index (χ3n) is 3.26. The molecule has 0 saturated carbocycles. The lowest BCUT2D eigenvalue weighted by Gasteiger charge is -2.03. The predicted molar refractivity (Wildman–Crippen MR) is 74.2 cm³/mol. The van der Waals surface area contributed by atoms with Gasteiger partial charge in [0.15, 0.2) is 0 Å². The highest BCUT2D eigenvalue weighted by atomic mass is 79.9. The summed E-state index contributed by atoms with van der Waals surface area (Å²) in [4.78, 5) is 4.48. The minimum Gasteiger partial charge on any atom is -0.496 e. The summed E-state index contributed by atoms with van der Waals surface area (Å²) in [6.45, 7) is 1.92. The standard InChI is InChI=1S/C13H14BrN3O2/c1-18-11-3-2-8(6-10(11)14)12-16-13(19-17-12)9-4-5-15-7-9/h2-3,6,9,15H,4-5,7H2,1H3. The normalized spacial score (nSPS) is 18.7. The van der Waals surface area contributed by atoms with Crippen LogP contribution in [0.1, 0.15) is 18.2 Å². The van der Waals surface area contributed by atoms with Gasteiger partial charge in [0.1, 0.15) is 5.75 Å². The van der Waals surface area contributed by atoms with E-state index in [9.17, 15) is 0 Å². The Labute approximate surface area is 119 Å². The minimum absolute atomic E-state index is 0.336. The molecule has 1 aliphatic rings. The van der Waals surface area contributed by atoms with E-state index in [4.69, 9.17) is 9.26 Å². The molecule has 2 aromatic rings. The molecule has 1 fully saturated rings. The van der Waals surface area contributed by atoms with Gasteiger partial charge in [-0.1, -0.05) is 5.16 Å². The summed E-state index contributed by atoms with van der Waals surface area (Å²) in [5.41, 5.74) is 0.911. The maximum Gasteiger partial charge on any atom is 0.231 e. The van der Waals surface area contributed by atoms with Gasteiger partial charge < -0.3 is 14.6 Å². The van der Waals surface area contributed by atoms with Gasteiger partial charge in [0.05, 0.1) is 17.5 Å². The summed E-state index contributed by atoms with van der Waals surface area (Å²) < 4.78 is 11.4. The van der Waals surface area contributed by atoms with Gasteiger partial charge in [-0.2, -0.15) is 4.98 Å². The van der Waals surface area contributed by atoms with Gasteiger partial charge in [-0.3, -0.25) is 0 Å². The van der Waals surface area contributed by atoms with Crippen molar-refractivity contribution in [3.05, 3.63) is 28.6 Å². The van der Waals surface area contributed by atoms with Gasteiger partial charge in [-0.25, -0.2) is 0 Å². The molecule has 0 bridgehead atoms. The number of rotatable bonds is 3. The summed E-state index contributed by atoms with van der Waals surface area (Å²) >= 11 is 3.46. The molecule has 1 atom stereocenters. The first-order valence-corrected chi connectivity index (χ1v) is 6.95. The second-order valence-electron chi connectivity index (χ2n) is 4.50. The smallest absolute Gasteiger partial charge is 0.231 e.